The summed E-state index contributed by atoms with van der Waals surface area (Å²) < 4.78 is 33.8. The molecule has 0 atom stereocenters. The molecule has 10 heteroatoms. The predicted molar refractivity (Wildman–Crippen MR) is 128 cm³/mol. The highest BCUT2D eigenvalue weighted by molar-refractivity contribution is 7.92. The molecule has 0 saturated heterocycles. The minimum atomic E-state index is -4.14. The Bertz CT molecular complexity index is 1370. The molecule has 2 N–H and O–H groups in total. The van der Waals surface area contributed by atoms with E-state index < -0.39 is 21.5 Å². The summed E-state index contributed by atoms with van der Waals surface area (Å²) in [5.41, 5.74) is 2.27. The van der Waals surface area contributed by atoms with Crippen LogP contribution < -0.4 is 14.8 Å². The zero-order chi connectivity index (χ0) is 25.1. The molecule has 176 valence electrons. The summed E-state index contributed by atoms with van der Waals surface area (Å²) in [6.07, 6.45) is 0. The van der Waals surface area contributed by atoms with Gasteiger partial charge in [0.1, 0.15) is 5.54 Å². The van der Waals surface area contributed by atoms with Crippen LogP contribution in [0.25, 0.3) is 11.3 Å². The monoisotopic (exact) mass is 479 g/mol. The van der Waals surface area contributed by atoms with Crippen molar-refractivity contribution in [1.82, 2.24) is 15.3 Å². The van der Waals surface area contributed by atoms with E-state index in [1.165, 1.54) is 31.4 Å². The van der Waals surface area contributed by atoms with Gasteiger partial charge in [0.05, 0.1) is 23.8 Å². The summed E-state index contributed by atoms with van der Waals surface area (Å²) in [5.74, 6) is -0.548. The molecule has 0 aliphatic carbocycles. The number of amides is 1. The third-order valence-corrected chi connectivity index (χ3v) is 6.31. The van der Waals surface area contributed by atoms with Gasteiger partial charge in [-0.3, -0.25) is 4.79 Å². The zero-order valence-corrected chi connectivity index (χ0v) is 20.3. The maximum atomic E-state index is 13.1. The molecule has 3 rings (SSSR count). The van der Waals surface area contributed by atoms with E-state index in [0.717, 1.165) is 16.7 Å². The number of nitrogens with zero attached hydrogens (tertiary/aromatic N) is 3. The number of nitriles is 1. The number of benzene rings is 2. The van der Waals surface area contributed by atoms with Crippen molar-refractivity contribution in [2.24, 2.45) is 0 Å². The maximum Gasteiger partial charge on any atom is 0.264 e. The van der Waals surface area contributed by atoms with Gasteiger partial charge in [0.2, 0.25) is 11.8 Å². The van der Waals surface area contributed by atoms with Crippen molar-refractivity contribution >= 4 is 21.9 Å². The molecule has 0 aliphatic heterocycles. The topological polar surface area (TPSA) is 134 Å². The Morgan fingerprint density at radius 1 is 1.06 bits per heavy atom. The number of carbonyl (C=O) groups is 1. The second kappa shape index (κ2) is 9.49. The number of methoxy groups -OCH3 is 1. The highest BCUT2D eigenvalue weighted by Gasteiger charge is 2.23. The van der Waals surface area contributed by atoms with Crippen molar-refractivity contribution < 1.29 is 17.9 Å². The van der Waals surface area contributed by atoms with E-state index in [0.29, 0.717) is 5.69 Å². The van der Waals surface area contributed by atoms with Crippen molar-refractivity contribution in [3.8, 4) is 23.2 Å². The smallest absolute Gasteiger partial charge is 0.264 e. The Labute approximate surface area is 198 Å². The molecule has 0 fully saturated rings. The molecular weight excluding hydrogens is 454 g/mol. The minimum absolute atomic E-state index is 0.0917. The Hall–Kier alpha value is -3.97. The van der Waals surface area contributed by atoms with Crippen molar-refractivity contribution in [3.05, 3.63) is 65.2 Å². The van der Waals surface area contributed by atoms with Crippen LogP contribution in [-0.4, -0.2) is 36.9 Å². The first-order chi connectivity index (χ1) is 16.0. The van der Waals surface area contributed by atoms with Crippen molar-refractivity contribution in [3.63, 3.8) is 0 Å². The van der Waals surface area contributed by atoms with Crippen LogP contribution in [0.15, 0.2) is 53.4 Å². The number of aryl methyl sites for hydroxylation is 2. The average molecular weight is 480 g/mol. The number of hydrogen-bond donors (Lipinski definition) is 2. The van der Waals surface area contributed by atoms with Crippen LogP contribution in [0.1, 0.15) is 35.3 Å². The molecule has 1 aromatic heterocycles. The van der Waals surface area contributed by atoms with Crippen molar-refractivity contribution in [2.45, 2.75) is 38.1 Å². The van der Waals surface area contributed by atoms with Gasteiger partial charge in [-0.05, 0) is 57.0 Å². The lowest BCUT2D eigenvalue weighted by molar-refractivity contribution is 0.0929. The van der Waals surface area contributed by atoms with Crippen LogP contribution in [0, 0.1) is 25.2 Å². The fourth-order valence-electron chi connectivity index (χ4n) is 3.29. The summed E-state index contributed by atoms with van der Waals surface area (Å²) in [4.78, 5) is 20.9. The molecular formula is C24H25N5O4S. The number of nitrogens with one attached hydrogen (secondary N) is 2. The van der Waals surface area contributed by atoms with E-state index in [2.05, 4.69) is 20.0 Å². The summed E-state index contributed by atoms with van der Waals surface area (Å²) in [5, 5.41) is 11.7. The fraction of sp³-hybridized carbons (Fsp3) is 0.250. The van der Waals surface area contributed by atoms with Crippen LogP contribution in [0.5, 0.6) is 5.88 Å². The Kier molecular flexibility index (Phi) is 6.88. The number of sulfonamides is 1. The van der Waals surface area contributed by atoms with Crippen LogP contribution in [-0.2, 0) is 10.0 Å². The summed E-state index contributed by atoms with van der Waals surface area (Å²) in [6, 6.07) is 14.9. The average Bonchev–Trinajstić information content (AvgIpc) is 2.78. The molecule has 1 heterocycles. The van der Waals surface area contributed by atoms with Gasteiger partial charge in [-0.15, -0.1) is 0 Å². The second-order valence-corrected chi connectivity index (χ2v) is 9.89. The van der Waals surface area contributed by atoms with Gasteiger partial charge in [-0.2, -0.15) is 10.2 Å². The van der Waals surface area contributed by atoms with Crippen LogP contribution in [0.2, 0.25) is 0 Å². The maximum absolute atomic E-state index is 13.1. The summed E-state index contributed by atoms with van der Waals surface area (Å²) in [6.45, 7) is 6.96. The molecule has 2 aromatic carbocycles. The number of carbonyl (C=O) groups excluding carboxylic acids is 1. The van der Waals surface area contributed by atoms with E-state index in [9.17, 15) is 13.2 Å². The molecule has 0 radical (unpaired) electrons. The molecule has 0 bridgehead atoms. The molecule has 9 nitrogen and oxygen atoms in total. The number of anilines is 1. The van der Waals surface area contributed by atoms with E-state index in [4.69, 9.17) is 10.00 Å². The van der Waals surface area contributed by atoms with Gasteiger partial charge in [-0.1, -0.05) is 24.3 Å². The molecule has 0 saturated carbocycles. The van der Waals surface area contributed by atoms with E-state index in [1.807, 2.05) is 38.1 Å². The van der Waals surface area contributed by atoms with Crippen LogP contribution in [0.4, 0.5) is 5.95 Å². The second-order valence-electron chi connectivity index (χ2n) is 8.21. The van der Waals surface area contributed by atoms with Gasteiger partial charge in [0.25, 0.3) is 15.9 Å². The zero-order valence-electron chi connectivity index (χ0n) is 19.5. The number of aromatic nitrogens is 2. The Balaban J connectivity index is 1.97. The Morgan fingerprint density at radius 2 is 1.71 bits per heavy atom. The third-order valence-electron chi connectivity index (χ3n) is 4.99. The molecule has 34 heavy (non-hydrogen) atoms. The van der Waals surface area contributed by atoms with E-state index in [1.54, 1.807) is 19.9 Å². The number of ether oxygens (including phenoxy) is 1. The van der Waals surface area contributed by atoms with Gasteiger partial charge < -0.3 is 10.1 Å². The lowest BCUT2D eigenvalue weighted by Gasteiger charge is -2.17. The normalized spacial score (nSPS) is 11.4. The lowest BCUT2D eigenvalue weighted by Crippen LogP contribution is -2.42. The van der Waals surface area contributed by atoms with Crippen LogP contribution in [0.3, 0.4) is 0 Å². The molecule has 0 spiro atoms. The molecule has 1 amide bonds. The number of rotatable bonds is 7. The lowest BCUT2D eigenvalue weighted by atomic mass is 10.00. The van der Waals surface area contributed by atoms with Gasteiger partial charge in [0.15, 0.2) is 0 Å². The first-order valence-corrected chi connectivity index (χ1v) is 11.8. The number of hydrogen-bond acceptors (Lipinski definition) is 7. The summed E-state index contributed by atoms with van der Waals surface area (Å²) in [7, 11) is -2.71. The first kappa shape index (κ1) is 24.7. The van der Waals surface area contributed by atoms with E-state index in [-0.39, 0.29) is 22.3 Å². The fourth-order valence-corrected chi connectivity index (χ4v) is 4.28. The third kappa shape index (κ3) is 5.50. The van der Waals surface area contributed by atoms with E-state index >= 15 is 0 Å². The quantitative estimate of drug-likeness (QED) is 0.529. The largest absolute Gasteiger partial charge is 0.481 e. The molecule has 0 unspecified atom stereocenters. The Morgan fingerprint density at radius 3 is 2.32 bits per heavy atom. The van der Waals surface area contributed by atoms with Gasteiger partial charge >= 0.3 is 0 Å². The van der Waals surface area contributed by atoms with Gasteiger partial charge in [-0.25, -0.2) is 18.1 Å². The standard InChI is InChI=1S/C24H25N5O4S/c1-15-8-6-9-16(2)21(15)19-13-20(33-5)27-23(26-19)29-34(31,32)18-11-7-10-17(12-18)22(30)28-24(3,4)14-25/h6-13H,1-5H3,(H,28,30)(H,26,27,29). The highest BCUT2D eigenvalue weighted by Crippen LogP contribution is 2.29. The van der Waals surface area contributed by atoms with Gasteiger partial charge in [0, 0.05) is 17.2 Å². The van der Waals surface area contributed by atoms with Crippen molar-refractivity contribution in [1.29, 1.82) is 5.26 Å². The molecule has 0 aliphatic rings. The first-order valence-electron chi connectivity index (χ1n) is 10.3. The SMILES string of the molecule is COc1cc(-c2c(C)cccc2C)nc(NS(=O)(=O)c2cccc(C(=O)NC(C)(C)C#N)c2)n1. The van der Waals surface area contributed by atoms with Crippen molar-refractivity contribution in [2.75, 3.05) is 11.8 Å². The molecule has 3 aromatic rings. The van der Waals surface area contributed by atoms with Crippen LogP contribution >= 0.6 is 0 Å². The minimum Gasteiger partial charge on any atom is -0.481 e. The predicted octanol–water partition coefficient (Wildman–Crippen LogP) is 3.60. The summed E-state index contributed by atoms with van der Waals surface area (Å²) >= 11 is 0. The highest BCUT2D eigenvalue weighted by atomic mass is 32.2.